The molecule has 1 heterocycles. The van der Waals surface area contributed by atoms with Crippen LogP contribution in [0.5, 0.6) is 0 Å². The summed E-state index contributed by atoms with van der Waals surface area (Å²) in [5.74, 6) is -0.352. The molecule has 1 aromatic carbocycles. The molecule has 1 fully saturated rings. The van der Waals surface area contributed by atoms with Crippen LogP contribution in [0.1, 0.15) is 30.1 Å². The largest absolute Gasteiger partial charge is 0.394 e. The van der Waals surface area contributed by atoms with E-state index in [1.165, 1.54) is 12.1 Å². The van der Waals surface area contributed by atoms with Crippen molar-refractivity contribution in [3.05, 3.63) is 29.8 Å². The fourth-order valence-electron chi connectivity index (χ4n) is 2.52. The molecule has 110 valence electrons. The zero-order valence-corrected chi connectivity index (χ0v) is 12.3. The number of carbonyl (C=O) groups is 1. The fraction of sp³-hybridized carbons (Fsp3) is 0.500. The van der Waals surface area contributed by atoms with E-state index in [-0.39, 0.29) is 34.8 Å². The van der Waals surface area contributed by atoms with Gasteiger partial charge in [-0.1, -0.05) is 19.1 Å². The Balaban J connectivity index is 2.41. The number of nitrogens with zero attached hydrogens (tertiary/aromatic N) is 1. The zero-order chi connectivity index (χ0) is 14.8. The lowest BCUT2D eigenvalue weighted by atomic mass is 10.1. The Morgan fingerprint density at radius 2 is 2.10 bits per heavy atom. The first kappa shape index (κ1) is 15.0. The van der Waals surface area contributed by atoms with Gasteiger partial charge in [0.15, 0.2) is 9.84 Å². The van der Waals surface area contributed by atoms with Crippen molar-refractivity contribution >= 4 is 15.7 Å². The molecule has 1 aliphatic rings. The molecule has 0 aromatic heterocycles. The van der Waals surface area contributed by atoms with Crippen molar-refractivity contribution in [2.75, 3.05) is 18.9 Å². The van der Waals surface area contributed by atoms with Gasteiger partial charge in [-0.3, -0.25) is 4.79 Å². The van der Waals surface area contributed by atoms with E-state index in [0.717, 1.165) is 12.8 Å². The maximum atomic E-state index is 12.6. The summed E-state index contributed by atoms with van der Waals surface area (Å²) < 4.78 is 24.1. The normalized spacial score (nSPS) is 19.3. The van der Waals surface area contributed by atoms with E-state index in [2.05, 4.69) is 0 Å². The van der Waals surface area contributed by atoms with E-state index in [9.17, 15) is 18.3 Å². The summed E-state index contributed by atoms with van der Waals surface area (Å²) in [6.07, 6.45) is 1.59. The van der Waals surface area contributed by atoms with Gasteiger partial charge in [0.2, 0.25) is 0 Å². The van der Waals surface area contributed by atoms with Crippen molar-refractivity contribution in [1.29, 1.82) is 0 Å². The van der Waals surface area contributed by atoms with Crippen LogP contribution in [0.2, 0.25) is 0 Å². The second-order valence-corrected chi connectivity index (χ2v) is 7.12. The Labute approximate surface area is 119 Å². The van der Waals surface area contributed by atoms with Crippen LogP contribution in [0.3, 0.4) is 0 Å². The first-order valence-electron chi connectivity index (χ1n) is 6.75. The summed E-state index contributed by atoms with van der Waals surface area (Å²) in [6.45, 7) is 2.03. The quantitative estimate of drug-likeness (QED) is 0.902. The Hall–Kier alpha value is -1.40. The Morgan fingerprint density at radius 3 is 2.75 bits per heavy atom. The molecule has 20 heavy (non-hydrogen) atoms. The van der Waals surface area contributed by atoms with Gasteiger partial charge in [0, 0.05) is 6.54 Å². The van der Waals surface area contributed by atoms with E-state index < -0.39 is 9.84 Å². The number of likely N-dealkylation sites (tertiary alicyclic amines) is 1. The number of rotatable bonds is 4. The highest BCUT2D eigenvalue weighted by atomic mass is 32.2. The maximum Gasteiger partial charge on any atom is 0.255 e. The van der Waals surface area contributed by atoms with Gasteiger partial charge in [0.05, 0.1) is 28.9 Å². The smallest absolute Gasteiger partial charge is 0.255 e. The van der Waals surface area contributed by atoms with Crippen LogP contribution < -0.4 is 0 Å². The number of carbonyl (C=O) groups excluding carboxylic acids is 1. The molecule has 0 saturated carbocycles. The molecule has 0 unspecified atom stereocenters. The minimum Gasteiger partial charge on any atom is -0.394 e. The number of hydrogen-bond acceptors (Lipinski definition) is 4. The second-order valence-electron chi connectivity index (χ2n) is 4.88. The van der Waals surface area contributed by atoms with Gasteiger partial charge in [-0.25, -0.2) is 8.42 Å². The summed E-state index contributed by atoms with van der Waals surface area (Å²) in [4.78, 5) is 14.2. The maximum absolute atomic E-state index is 12.6. The highest BCUT2D eigenvalue weighted by Gasteiger charge is 2.31. The van der Waals surface area contributed by atoms with Crippen molar-refractivity contribution in [1.82, 2.24) is 4.90 Å². The van der Waals surface area contributed by atoms with Gasteiger partial charge in [-0.05, 0) is 25.0 Å². The molecule has 6 heteroatoms. The molecule has 1 saturated heterocycles. The van der Waals surface area contributed by atoms with Crippen molar-refractivity contribution in [3.63, 3.8) is 0 Å². The summed E-state index contributed by atoms with van der Waals surface area (Å²) in [5.41, 5.74) is 0.203. The fourth-order valence-corrected chi connectivity index (χ4v) is 3.60. The molecule has 1 aliphatic heterocycles. The molecule has 1 amide bonds. The van der Waals surface area contributed by atoms with Gasteiger partial charge in [-0.2, -0.15) is 0 Å². The van der Waals surface area contributed by atoms with Crippen molar-refractivity contribution in [3.8, 4) is 0 Å². The summed E-state index contributed by atoms with van der Waals surface area (Å²) in [5, 5.41) is 9.30. The lowest BCUT2D eigenvalue weighted by Gasteiger charge is -2.24. The minimum absolute atomic E-state index is 0.0410. The summed E-state index contributed by atoms with van der Waals surface area (Å²) in [6, 6.07) is 6.08. The summed E-state index contributed by atoms with van der Waals surface area (Å²) in [7, 11) is -3.44. The average molecular weight is 297 g/mol. The highest BCUT2D eigenvalue weighted by molar-refractivity contribution is 7.91. The number of aliphatic hydroxyl groups is 1. The van der Waals surface area contributed by atoms with Crippen molar-refractivity contribution in [2.45, 2.75) is 30.7 Å². The number of sulfone groups is 1. The Morgan fingerprint density at radius 1 is 1.40 bits per heavy atom. The average Bonchev–Trinajstić information content (AvgIpc) is 2.95. The monoisotopic (exact) mass is 297 g/mol. The van der Waals surface area contributed by atoms with Crippen LogP contribution in [0, 0.1) is 0 Å². The molecule has 2 rings (SSSR count). The Kier molecular flexibility index (Phi) is 4.45. The molecule has 0 radical (unpaired) electrons. The molecule has 0 aliphatic carbocycles. The SMILES string of the molecule is CCS(=O)(=O)c1ccccc1C(=O)N1CCC[C@H]1CO. The van der Waals surface area contributed by atoms with Gasteiger partial charge in [0.1, 0.15) is 0 Å². The predicted molar refractivity (Wildman–Crippen MR) is 75.3 cm³/mol. The first-order chi connectivity index (χ1) is 9.51. The molecule has 0 spiro atoms. The lowest BCUT2D eigenvalue weighted by Crippen LogP contribution is -2.38. The molecule has 1 atom stereocenters. The minimum atomic E-state index is -3.44. The molecule has 0 bridgehead atoms. The number of aliphatic hydroxyl groups excluding tert-OH is 1. The first-order valence-corrected chi connectivity index (χ1v) is 8.40. The lowest BCUT2D eigenvalue weighted by molar-refractivity contribution is 0.0674. The Bertz CT molecular complexity index is 597. The van der Waals surface area contributed by atoms with Crippen LogP contribution in [0.25, 0.3) is 0 Å². The van der Waals surface area contributed by atoms with Crippen LogP contribution in [-0.4, -0.2) is 49.3 Å². The van der Waals surface area contributed by atoms with Gasteiger partial charge >= 0.3 is 0 Å². The van der Waals surface area contributed by atoms with Crippen molar-refractivity contribution < 1.29 is 18.3 Å². The van der Waals surface area contributed by atoms with Crippen LogP contribution in [-0.2, 0) is 9.84 Å². The molecule has 1 N–H and O–H groups in total. The van der Waals surface area contributed by atoms with Gasteiger partial charge in [0.25, 0.3) is 5.91 Å². The molecular formula is C14H19NO4S. The molecular weight excluding hydrogens is 278 g/mol. The van der Waals surface area contributed by atoms with Crippen LogP contribution in [0.15, 0.2) is 29.2 Å². The number of hydrogen-bond donors (Lipinski definition) is 1. The predicted octanol–water partition coefficient (Wildman–Crippen LogP) is 1.08. The van der Waals surface area contributed by atoms with Gasteiger partial charge in [-0.15, -0.1) is 0 Å². The van der Waals surface area contributed by atoms with Gasteiger partial charge < -0.3 is 10.0 Å². The van der Waals surface area contributed by atoms with Crippen LogP contribution in [0.4, 0.5) is 0 Å². The second kappa shape index (κ2) is 5.93. The third kappa shape index (κ3) is 2.71. The highest BCUT2D eigenvalue weighted by Crippen LogP contribution is 2.24. The molecule has 5 nitrogen and oxygen atoms in total. The zero-order valence-electron chi connectivity index (χ0n) is 11.4. The van der Waals surface area contributed by atoms with Crippen LogP contribution >= 0.6 is 0 Å². The number of amides is 1. The standard InChI is InChI=1S/C14H19NO4S/c1-2-20(18,19)13-8-4-3-7-12(13)14(17)15-9-5-6-11(15)10-16/h3-4,7-8,11,16H,2,5-6,9-10H2,1H3/t11-/m0/s1. The van der Waals surface area contributed by atoms with E-state index in [4.69, 9.17) is 0 Å². The number of benzene rings is 1. The molecule has 1 aromatic rings. The third-order valence-corrected chi connectivity index (χ3v) is 5.47. The van der Waals surface area contributed by atoms with E-state index in [1.54, 1.807) is 24.0 Å². The van der Waals surface area contributed by atoms with E-state index in [1.807, 2.05) is 0 Å². The van der Waals surface area contributed by atoms with E-state index >= 15 is 0 Å². The van der Waals surface area contributed by atoms with Crippen molar-refractivity contribution in [2.24, 2.45) is 0 Å². The topological polar surface area (TPSA) is 74.7 Å². The van der Waals surface area contributed by atoms with E-state index in [0.29, 0.717) is 6.54 Å². The third-order valence-electron chi connectivity index (χ3n) is 3.68. The summed E-state index contributed by atoms with van der Waals surface area (Å²) >= 11 is 0.